The molecule has 5 N–H and O–H groups in total. The number of aliphatic hydroxyl groups is 1. The zero-order valence-corrected chi connectivity index (χ0v) is 2.39. The second-order valence-corrected chi connectivity index (χ2v) is 0.100. The summed E-state index contributed by atoms with van der Waals surface area (Å²) < 4.78 is 0. The molecular formula is CH5NO3. The number of nitrogens with zero attached hydrogens (tertiary/aromatic N) is 1. The maximum Gasteiger partial charge on any atom is 0.283 e. The number of rotatable bonds is 0. The highest BCUT2D eigenvalue weighted by Crippen LogP contribution is 1.06. The second kappa shape index (κ2) is 356. The summed E-state index contributed by atoms with van der Waals surface area (Å²) in [4.78, 5) is 0. The molecule has 0 saturated carbocycles. The Morgan fingerprint density at radius 1 is 1.40 bits per heavy atom. The van der Waals surface area contributed by atoms with Crippen molar-refractivity contribution in [1.29, 1.82) is 5.26 Å². The van der Waals surface area contributed by atoms with Crippen molar-refractivity contribution in [2.24, 2.45) is 0 Å². The van der Waals surface area contributed by atoms with Crippen LogP contribution in [0.1, 0.15) is 0 Å². The van der Waals surface area contributed by atoms with Gasteiger partial charge in [-0.3, -0.25) is 0 Å². The molecule has 0 saturated heterocycles. The Hall–Kier alpha value is -0.790. The number of hydrogen-bond donors (Lipinski definition) is 1. The minimum absolute atomic E-state index is 0. The van der Waals surface area contributed by atoms with Crippen LogP contribution in [0.25, 0.3) is 0 Å². The normalized spacial score (nSPS) is 1.40. The lowest BCUT2D eigenvalue weighted by Gasteiger charge is -1.25. The van der Waals surface area contributed by atoms with Crippen molar-refractivity contribution < 1.29 is 16.1 Å². The average Bonchev–Trinajstić information content (AvgIpc) is 0.918. The monoisotopic (exact) mass is 79.0 g/mol. The summed E-state index contributed by atoms with van der Waals surface area (Å²) in [6.45, 7) is 0. The van der Waals surface area contributed by atoms with E-state index in [4.69, 9.17) is 10.4 Å². The lowest BCUT2D eigenvalue weighted by atomic mass is 11.6. The molecule has 0 aromatic heterocycles. The molecule has 5 heavy (non-hydrogen) atoms. The topological polar surface area (TPSA) is 107 Å². The van der Waals surface area contributed by atoms with Crippen molar-refractivity contribution in [1.82, 2.24) is 0 Å². The Morgan fingerprint density at radius 3 is 1.40 bits per heavy atom. The highest BCUT2D eigenvalue weighted by atomic mass is 16.2. The number of aliphatic hydroxyl groups excluding tert-OH is 1. The first-order valence-corrected chi connectivity index (χ1v) is 0.447. The lowest BCUT2D eigenvalue weighted by Crippen LogP contribution is -1.27. The lowest BCUT2D eigenvalue weighted by molar-refractivity contribution is 0.503. The van der Waals surface area contributed by atoms with Gasteiger partial charge >= 0.3 is 0 Å². The molecule has 0 bridgehead atoms. The van der Waals surface area contributed by atoms with Crippen molar-refractivity contribution in [3.63, 3.8) is 0 Å². The standard InChI is InChI=1S/CHNO.2H2O/c2-1-3;;/h3H;2*1H2. The fourth-order valence-electron chi connectivity index (χ4n) is 0. The van der Waals surface area contributed by atoms with Gasteiger partial charge in [0.15, 0.2) is 0 Å². The van der Waals surface area contributed by atoms with Crippen molar-refractivity contribution in [3.8, 4) is 6.26 Å². The highest BCUT2D eigenvalue weighted by Gasteiger charge is 1.16. The maximum absolute atomic E-state index is 6.88. The largest absolute Gasteiger partial charge is 0.443 e. The SMILES string of the molecule is N#CO.O.O. The third-order valence-electron chi connectivity index (χ3n) is 0. The molecule has 4 heteroatoms. The predicted octanol–water partition coefficient (Wildman–Crippen LogP) is -1.81. The molecule has 0 heterocycles. The Morgan fingerprint density at radius 2 is 1.40 bits per heavy atom. The summed E-state index contributed by atoms with van der Waals surface area (Å²) in [6, 6.07) is 0. The van der Waals surface area contributed by atoms with Crippen LogP contribution in [0, 0.1) is 11.5 Å². The van der Waals surface area contributed by atoms with Crippen LogP contribution in [0.4, 0.5) is 0 Å². The Kier molecular flexibility index (Phi) is 2110. The molecule has 0 aliphatic heterocycles. The van der Waals surface area contributed by atoms with Gasteiger partial charge in [0, 0.05) is 0 Å². The molecule has 0 aliphatic carbocycles. The first-order valence-electron chi connectivity index (χ1n) is 0.447. The van der Waals surface area contributed by atoms with Gasteiger partial charge in [0.25, 0.3) is 6.26 Å². The summed E-state index contributed by atoms with van der Waals surface area (Å²) in [7, 11) is 0. The molecule has 0 atom stereocenters. The van der Waals surface area contributed by atoms with Crippen molar-refractivity contribution in [3.05, 3.63) is 0 Å². The molecular weight excluding hydrogens is 74.0 g/mol. The van der Waals surface area contributed by atoms with Crippen LogP contribution in [0.15, 0.2) is 0 Å². The smallest absolute Gasteiger partial charge is 0.283 e. The first kappa shape index (κ1) is 29.6. The van der Waals surface area contributed by atoms with E-state index in [9.17, 15) is 0 Å². The van der Waals surface area contributed by atoms with E-state index < -0.39 is 0 Å². The van der Waals surface area contributed by atoms with Crippen molar-refractivity contribution in [2.45, 2.75) is 0 Å². The molecule has 0 rings (SSSR count). The Bertz CT molecular complexity index is 28.4. The van der Waals surface area contributed by atoms with E-state index in [-0.39, 0.29) is 11.0 Å². The van der Waals surface area contributed by atoms with Gasteiger partial charge in [0.1, 0.15) is 0 Å². The molecule has 0 amide bonds. The zero-order valence-electron chi connectivity index (χ0n) is 2.39. The van der Waals surface area contributed by atoms with Crippen molar-refractivity contribution >= 4 is 0 Å². The first-order chi connectivity index (χ1) is 1.41. The van der Waals surface area contributed by atoms with Crippen LogP contribution in [-0.2, 0) is 0 Å². The molecule has 0 aromatic carbocycles. The van der Waals surface area contributed by atoms with Gasteiger partial charge < -0.3 is 16.1 Å². The van der Waals surface area contributed by atoms with Gasteiger partial charge in [-0.05, 0) is 0 Å². The zero-order chi connectivity index (χ0) is 2.71. The van der Waals surface area contributed by atoms with Crippen LogP contribution in [0.5, 0.6) is 0 Å². The van der Waals surface area contributed by atoms with Crippen molar-refractivity contribution in [2.75, 3.05) is 0 Å². The van der Waals surface area contributed by atoms with Crippen LogP contribution in [0.2, 0.25) is 0 Å². The molecule has 0 fully saturated rings. The van der Waals surface area contributed by atoms with E-state index in [0.29, 0.717) is 0 Å². The molecule has 4 nitrogen and oxygen atoms in total. The highest BCUT2D eigenvalue weighted by molar-refractivity contribution is 4.30. The van der Waals surface area contributed by atoms with Gasteiger partial charge in [0.2, 0.25) is 0 Å². The van der Waals surface area contributed by atoms with Gasteiger partial charge in [0.05, 0.1) is 0 Å². The average molecular weight is 79.1 g/mol. The predicted molar refractivity (Wildman–Crippen MR) is 14.8 cm³/mol. The van der Waals surface area contributed by atoms with Gasteiger partial charge in [-0.2, -0.15) is 5.26 Å². The molecule has 0 aliphatic rings. The second-order valence-electron chi connectivity index (χ2n) is 0.100. The third kappa shape index (κ3) is 7.53. The summed E-state index contributed by atoms with van der Waals surface area (Å²) in [6.07, 6.45) is 0.750. The van der Waals surface area contributed by atoms with Crippen LogP contribution < -0.4 is 0 Å². The quantitative estimate of drug-likeness (QED) is 0.345. The number of hydrogen-bond acceptors (Lipinski definition) is 2. The summed E-state index contributed by atoms with van der Waals surface area (Å²) in [5, 5.41) is 13.8. The molecule has 0 spiro atoms. The Labute approximate surface area is 28.9 Å². The summed E-state index contributed by atoms with van der Waals surface area (Å²) in [5.74, 6) is 0. The number of nitriles is 1. The minimum atomic E-state index is 0. The molecule has 0 radical (unpaired) electrons. The fraction of sp³-hybridized carbons (Fsp3) is 0. The van der Waals surface area contributed by atoms with Gasteiger partial charge in [-0.15, -0.1) is 0 Å². The van der Waals surface area contributed by atoms with Gasteiger partial charge in [-0.25, -0.2) is 0 Å². The van der Waals surface area contributed by atoms with E-state index in [1.807, 2.05) is 0 Å². The molecule has 32 valence electrons. The van der Waals surface area contributed by atoms with Crippen LogP contribution in [-0.4, -0.2) is 16.1 Å². The minimum Gasteiger partial charge on any atom is -0.443 e. The molecule has 0 unspecified atom stereocenters. The van der Waals surface area contributed by atoms with E-state index in [1.165, 1.54) is 0 Å². The van der Waals surface area contributed by atoms with Crippen LogP contribution >= 0.6 is 0 Å². The van der Waals surface area contributed by atoms with Gasteiger partial charge in [-0.1, -0.05) is 0 Å². The molecule has 0 aromatic rings. The summed E-state index contributed by atoms with van der Waals surface area (Å²) >= 11 is 0. The fourth-order valence-corrected chi connectivity index (χ4v) is 0. The Balaban J connectivity index is -0.0000000200. The third-order valence-corrected chi connectivity index (χ3v) is 0. The maximum atomic E-state index is 6.88. The van der Waals surface area contributed by atoms with E-state index in [1.54, 1.807) is 0 Å². The van der Waals surface area contributed by atoms with E-state index in [0.717, 1.165) is 6.26 Å². The van der Waals surface area contributed by atoms with Crippen LogP contribution in [0.3, 0.4) is 0 Å². The summed E-state index contributed by atoms with van der Waals surface area (Å²) in [5.41, 5.74) is 0. The van der Waals surface area contributed by atoms with E-state index in [2.05, 4.69) is 0 Å². The van der Waals surface area contributed by atoms with E-state index >= 15 is 0 Å².